The molecule has 1 saturated heterocycles. The topological polar surface area (TPSA) is 65.1 Å². The molecule has 1 aliphatic heterocycles. The summed E-state index contributed by atoms with van der Waals surface area (Å²) < 4.78 is 64.0. The van der Waals surface area contributed by atoms with Gasteiger partial charge in [-0.15, -0.1) is 0 Å². The third-order valence-electron chi connectivity index (χ3n) is 10.3. The molecule has 0 unspecified atom stereocenters. The van der Waals surface area contributed by atoms with Gasteiger partial charge in [0.2, 0.25) is 10.0 Å². The van der Waals surface area contributed by atoms with E-state index in [4.69, 9.17) is 13.9 Å². The molecular weight excluding hydrogens is 690 g/mol. The highest BCUT2D eigenvalue weighted by molar-refractivity contribution is 7.95. The lowest BCUT2D eigenvalue weighted by atomic mass is 9.95. The van der Waals surface area contributed by atoms with Crippen LogP contribution in [-0.2, 0) is 27.7 Å². The number of ether oxygens (including phenoxy) is 2. The summed E-state index contributed by atoms with van der Waals surface area (Å²) in [5, 5.41) is -0.829. The fourth-order valence-electron chi connectivity index (χ4n) is 6.34. The second-order valence-electron chi connectivity index (χ2n) is 14.9. The smallest absolute Gasteiger partial charge is 0.241 e. The average molecular weight is 738 g/mol. The SMILES string of the molecule is CC(C)(C)[Si](C)(C)O[C@@H](CC[C@@H]1[C@@H](c2ccc(OCc3ccccc3)cc2OCc2ccccc2)N(c2ccccc2)S1(=O)=O)c1ccc(F)cc1. The van der Waals surface area contributed by atoms with Crippen LogP contribution in [0.1, 0.15) is 68.0 Å². The molecule has 3 atom stereocenters. The van der Waals surface area contributed by atoms with Gasteiger partial charge >= 0.3 is 0 Å². The third-order valence-corrected chi connectivity index (χ3v) is 17.0. The largest absolute Gasteiger partial charge is 0.489 e. The van der Waals surface area contributed by atoms with Crippen molar-refractivity contribution in [2.45, 2.75) is 82.4 Å². The fourth-order valence-corrected chi connectivity index (χ4v) is 9.78. The maximum atomic E-state index is 14.4. The van der Waals surface area contributed by atoms with Gasteiger partial charge < -0.3 is 13.9 Å². The van der Waals surface area contributed by atoms with Crippen LogP contribution in [0.25, 0.3) is 0 Å². The minimum absolute atomic E-state index is 0.0736. The molecule has 0 N–H and O–H groups in total. The first-order valence-electron chi connectivity index (χ1n) is 17.8. The summed E-state index contributed by atoms with van der Waals surface area (Å²) in [7, 11) is -6.06. The van der Waals surface area contributed by atoms with Crippen LogP contribution in [0.15, 0.2) is 133 Å². The quantitative estimate of drug-likeness (QED) is 0.106. The van der Waals surface area contributed by atoms with E-state index in [0.717, 1.165) is 22.3 Å². The molecule has 52 heavy (non-hydrogen) atoms. The van der Waals surface area contributed by atoms with Crippen molar-refractivity contribution in [1.82, 2.24) is 0 Å². The van der Waals surface area contributed by atoms with Crippen LogP contribution in [0.5, 0.6) is 11.5 Å². The standard InChI is InChI=1S/C43H48FNO5SSi/c1-43(2,3)52(4,5)50-39(34-21-23-35(44)24-22-34)27-28-41-42(45(51(41,46)47)36-19-13-8-14-20-36)38-26-25-37(48-30-32-15-9-6-10-16-32)29-40(38)49-31-33-17-11-7-12-18-33/h6-26,29,39,41-42H,27-28,30-31H2,1-5H3/t39-,41+,42+/m0/s1. The van der Waals surface area contributed by atoms with Crippen molar-refractivity contribution in [3.63, 3.8) is 0 Å². The summed E-state index contributed by atoms with van der Waals surface area (Å²) >= 11 is 0. The Kier molecular flexibility index (Phi) is 11.2. The average Bonchev–Trinajstić information content (AvgIpc) is 3.13. The van der Waals surface area contributed by atoms with Crippen molar-refractivity contribution in [1.29, 1.82) is 0 Å². The second-order valence-corrected chi connectivity index (χ2v) is 21.7. The normalized spacial score (nSPS) is 17.6. The summed E-state index contributed by atoms with van der Waals surface area (Å²) in [4.78, 5) is 0. The van der Waals surface area contributed by atoms with Gasteiger partial charge in [0.1, 0.15) is 35.8 Å². The van der Waals surface area contributed by atoms with Gasteiger partial charge in [-0.3, -0.25) is 4.31 Å². The van der Waals surface area contributed by atoms with Crippen LogP contribution in [0, 0.1) is 5.82 Å². The molecule has 0 radical (unpaired) electrons. The Bertz CT molecular complexity index is 2020. The van der Waals surface area contributed by atoms with Crippen LogP contribution in [0.3, 0.4) is 0 Å². The first-order chi connectivity index (χ1) is 24.8. The Morgan fingerprint density at radius 1 is 0.750 bits per heavy atom. The zero-order chi connectivity index (χ0) is 36.9. The van der Waals surface area contributed by atoms with Crippen molar-refractivity contribution >= 4 is 24.0 Å². The first kappa shape index (κ1) is 37.3. The molecule has 6 nitrogen and oxygen atoms in total. The van der Waals surface area contributed by atoms with E-state index in [9.17, 15) is 12.8 Å². The van der Waals surface area contributed by atoms with E-state index in [2.05, 4.69) is 33.9 Å². The highest BCUT2D eigenvalue weighted by Gasteiger charge is 2.55. The maximum Gasteiger partial charge on any atom is 0.241 e. The van der Waals surface area contributed by atoms with Crippen LogP contribution < -0.4 is 13.8 Å². The zero-order valence-corrected chi connectivity index (χ0v) is 32.4. The van der Waals surface area contributed by atoms with E-state index in [-0.39, 0.29) is 10.9 Å². The Balaban J connectivity index is 1.36. The zero-order valence-electron chi connectivity index (χ0n) is 30.5. The van der Waals surface area contributed by atoms with Gasteiger partial charge in [0.15, 0.2) is 8.32 Å². The Morgan fingerprint density at radius 2 is 1.31 bits per heavy atom. The number of halogens is 1. The summed E-state index contributed by atoms with van der Waals surface area (Å²) in [5.74, 6) is 0.863. The van der Waals surface area contributed by atoms with Gasteiger partial charge in [-0.25, -0.2) is 12.8 Å². The summed E-state index contributed by atoms with van der Waals surface area (Å²) in [6.07, 6.45) is 0.377. The van der Waals surface area contributed by atoms with Crippen molar-refractivity contribution in [3.8, 4) is 11.5 Å². The van der Waals surface area contributed by atoms with Gasteiger partial charge in [-0.05, 0) is 84.1 Å². The highest BCUT2D eigenvalue weighted by atomic mass is 32.2. The Morgan fingerprint density at radius 3 is 1.88 bits per heavy atom. The second kappa shape index (κ2) is 15.7. The van der Waals surface area contributed by atoms with Crippen molar-refractivity contribution in [2.75, 3.05) is 4.31 Å². The van der Waals surface area contributed by atoms with Gasteiger partial charge in [0.25, 0.3) is 0 Å². The molecule has 1 aliphatic rings. The van der Waals surface area contributed by atoms with Crippen LogP contribution >= 0.6 is 0 Å². The van der Waals surface area contributed by atoms with E-state index in [1.165, 1.54) is 16.4 Å². The predicted octanol–water partition coefficient (Wildman–Crippen LogP) is 10.8. The molecule has 6 rings (SSSR count). The maximum absolute atomic E-state index is 14.4. The minimum Gasteiger partial charge on any atom is -0.489 e. The molecule has 0 bridgehead atoms. The Labute approximate surface area is 309 Å². The number of hydrogen-bond acceptors (Lipinski definition) is 5. The summed E-state index contributed by atoms with van der Waals surface area (Å²) in [5.41, 5.74) is 4.22. The highest BCUT2D eigenvalue weighted by Crippen LogP contribution is 2.51. The van der Waals surface area contributed by atoms with Gasteiger partial charge in [-0.2, -0.15) is 0 Å². The molecule has 0 aromatic heterocycles. The van der Waals surface area contributed by atoms with E-state index in [1.807, 2.05) is 109 Å². The van der Waals surface area contributed by atoms with E-state index < -0.39 is 35.7 Å². The number of sulfonamides is 1. The minimum atomic E-state index is -3.77. The van der Waals surface area contributed by atoms with Gasteiger partial charge in [0, 0.05) is 11.6 Å². The number of para-hydroxylation sites is 1. The lowest BCUT2D eigenvalue weighted by molar-refractivity contribution is 0.168. The number of hydrogen-bond donors (Lipinski definition) is 0. The molecule has 5 aromatic carbocycles. The molecule has 9 heteroatoms. The molecule has 272 valence electrons. The van der Waals surface area contributed by atoms with Crippen LogP contribution in [-0.4, -0.2) is 22.0 Å². The monoisotopic (exact) mass is 737 g/mol. The fraction of sp³-hybridized carbons (Fsp3) is 0.302. The number of anilines is 1. The van der Waals surface area contributed by atoms with E-state index >= 15 is 0 Å². The lowest BCUT2D eigenvalue weighted by Crippen LogP contribution is -2.58. The number of benzene rings is 5. The van der Waals surface area contributed by atoms with E-state index in [1.54, 1.807) is 12.1 Å². The molecule has 5 aromatic rings. The first-order valence-corrected chi connectivity index (χ1v) is 22.2. The van der Waals surface area contributed by atoms with Gasteiger partial charge in [0.05, 0.1) is 17.8 Å². The molecule has 0 aliphatic carbocycles. The lowest BCUT2D eigenvalue weighted by Gasteiger charge is -2.49. The number of rotatable bonds is 14. The van der Waals surface area contributed by atoms with Crippen LogP contribution in [0.2, 0.25) is 18.1 Å². The molecule has 1 heterocycles. The molecule has 1 fully saturated rings. The van der Waals surface area contributed by atoms with Gasteiger partial charge in [-0.1, -0.05) is 112 Å². The Hall–Kier alpha value is -4.44. The molecule has 0 spiro atoms. The summed E-state index contributed by atoms with van der Waals surface area (Å²) in [6.45, 7) is 11.6. The van der Waals surface area contributed by atoms with Crippen molar-refractivity contribution in [3.05, 3.63) is 162 Å². The molecule has 0 saturated carbocycles. The number of nitrogens with zero attached hydrogens (tertiary/aromatic N) is 1. The van der Waals surface area contributed by atoms with Crippen molar-refractivity contribution in [2.24, 2.45) is 0 Å². The third kappa shape index (κ3) is 8.43. The van der Waals surface area contributed by atoms with E-state index in [0.29, 0.717) is 43.2 Å². The van der Waals surface area contributed by atoms with Crippen molar-refractivity contribution < 1.29 is 26.7 Å². The molecular formula is C43H48FNO5SSi. The summed E-state index contributed by atoms with van der Waals surface area (Å²) in [6, 6.07) is 40.6. The molecule has 0 amide bonds. The predicted molar refractivity (Wildman–Crippen MR) is 209 cm³/mol. The van der Waals surface area contributed by atoms with Crippen LogP contribution in [0.4, 0.5) is 10.1 Å².